The highest BCUT2D eigenvalue weighted by molar-refractivity contribution is 7.17. The van der Waals surface area contributed by atoms with Crippen molar-refractivity contribution in [3.8, 4) is 22.3 Å². The number of carboxylic acids is 1. The van der Waals surface area contributed by atoms with Crippen LogP contribution in [-0.4, -0.2) is 17.7 Å². The maximum Gasteiger partial charge on any atom is 0.348 e. The lowest BCUT2D eigenvalue weighted by Crippen LogP contribution is -1.96. The molecule has 0 amide bonds. The molecule has 1 N–H and O–H groups in total. The summed E-state index contributed by atoms with van der Waals surface area (Å²) in [6.07, 6.45) is 3.76. The zero-order chi connectivity index (χ0) is 19.2. The third kappa shape index (κ3) is 4.40. The highest BCUT2D eigenvalue weighted by atomic mass is 32.1. The van der Waals surface area contributed by atoms with Gasteiger partial charge in [-0.2, -0.15) is 5.26 Å². The molecule has 6 heteroatoms. The standard InChI is InChI=1S/C21H14FNO3S/c22-17-12-19(27-20(17)21(24)25)15-8-9-18(16(11-15)13-23)26-10-4-7-14-5-2-1-3-6-14/h1-9,11-12H,10H2,(H,24,25)/b7-4+. The molecular weight excluding hydrogens is 365 g/mol. The number of hydrogen-bond donors (Lipinski definition) is 1. The van der Waals surface area contributed by atoms with Crippen molar-refractivity contribution in [2.75, 3.05) is 6.61 Å². The molecular formula is C21H14FNO3S. The van der Waals surface area contributed by atoms with Crippen LogP contribution >= 0.6 is 11.3 Å². The second-order valence-corrected chi connectivity index (χ2v) is 6.59. The molecule has 1 aromatic heterocycles. The molecule has 3 aromatic rings. The van der Waals surface area contributed by atoms with Gasteiger partial charge in [0.25, 0.3) is 0 Å². The van der Waals surface area contributed by atoms with Gasteiger partial charge in [0.05, 0.1) is 5.56 Å². The van der Waals surface area contributed by atoms with E-state index in [1.807, 2.05) is 42.5 Å². The Bertz CT molecular complexity index is 1040. The molecule has 134 valence electrons. The average Bonchev–Trinajstić information content (AvgIpc) is 3.08. The van der Waals surface area contributed by atoms with E-state index in [1.165, 1.54) is 0 Å². The normalized spacial score (nSPS) is 10.7. The van der Waals surface area contributed by atoms with Gasteiger partial charge in [-0.15, -0.1) is 11.3 Å². The van der Waals surface area contributed by atoms with Crippen LogP contribution in [0.25, 0.3) is 16.5 Å². The van der Waals surface area contributed by atoms with Crippen LogP contribution in [-0.2, 0) is 0 Å². The second kappa shape index (κ2) is 8.30. The number of nitriles is 1. The molecule has 0 aliphatic heterocycles. The summed E-state index contributed by atoms with van der Waals surface area (Å²) in [7, 11) is 0. The van der Waals surface area contributed by atoms with Crippen molar-refractivity contribution >= 4 is 23.4 Å². The minimum Gasteiger partial charge on any atom is -0.488 e. The Morgan fingerprint density at radius 3 is 2.67 bits per heavy atom. The van der Waals surface area contributed by atoms with Gasteiger partial charge in [0, 0.05) is 4.88 Å². The molecule has 1 heterocycles. The Balaban J connectivity index is 1.75. The van der Waals surface area contributed by atoms with Crippen molar-refractivity contribution in [1.82, 2.24) is 0 Å². The highest BCUT2D eigenvalue weighted by Crippen LogP contribution is 2.33. The van der Waals surface area contributed by atoms with Gasteiger partial charge in [-0.3, -0.25) is 0 Å². The molecule has 4 nitrogen and oxygen atoms in total. The summed E-state index contributed by atoms with van der Waals surface area (Å²) < 4.78 is 19.3. The summed E-state index contributed by atoms with van der Waals surface area (Å²) in [4.78, 5) is 11.1. The number of hydrogen-bond acceptors (Lipinski definition) is 4. The lowest BCUT2D eigenvalue weighted by molar-refractivity contribution is 0.0697. The van der Waals surface area contributed by atoms with E-state index in [0.29, 0.717) is 28.4 Å². The second-order valence-electron chi connectivity index (χ2n) is 5.54. The first-order valence-corrected chi connectivity index (χ1v) is 8.81. The summed E-state index contributed by atoms with van der Waals surface area (Å²) in [5, 5.41) is 18.3. The molecule has 27 heavy (non-hydrogen) atoms. The number of rotatable bonds is 6. The van der Waals surface area contributed by atoms with Crippen molar-refractivity contribution in [2.45, 2.75) is 0 Å². The fourth-order valence-electron chi connectivity index (χ4n) is 2.44. The number of thiophene rings is 1. The molecule has 2 aromatic carbocycles. The summed E-state index contributed by atoms with van der Waals surface area (Å²) in [5.41, 5.74) is 1.91. The molecule has 0 aliphatic carbocycles. The molecule has 0 spiro atoms. The van der Waals surface area contributed by atoms with Crippen molar-refractivity contribution in [2.24, 2.45) is 0 Å². The monoisotopic (exact) mass is 379 g/mol. The van der Waals surface area contributed by atoms with Gasteiger partial charge in [0.15, 0.2) is 0 Å². The fraction of sp³-hybridized carbons (Fsp3) is 0.0476. The maximum absolute atomic E-state index is 13.7. The summed E-state index contributed by atoms with van der Waals surface area (Å²) in [6.45, 7) is 0.291. The first-order valence-electron chi connectivity index (χ1n) is 8.00. The van der Waals surface area contributed by atoms with E-state index >= 15 is 0 Å². The fourth-order valence-corrected chi connectivity index (χ4v) is 3.31. The number of carbonyl (C=O) groups is 1. The van der Waals surface area contributed by atoms with E-state index in [4.69, 9.17) is 9.84 Å². The third-order valence-corrected chi connectivity index (χ3v) is 4.86. The minimum absolute atomic E-state index is 0.291. The molecule has 0 saturated heterocycles. The van der Waals surface area contributed by atoms with Gasteiger partial charge >= 0.3 is 5.97 Å². The Hall–Kier alpha value is -3.43. The molecule has 3 rings (SSSR count). The van der Waals surface area contributed by atoms with Gasteiger partial charge in [0.1, 0.15) is 29.1 Å². The molecule has 0 atom stereocenters. The van der Waals surface area contributed by atoms with Crippen molar-refractivity contribution in [3.05, 3.63) is 82.5 Å². The van der Waals surface area contributed by atoms with Gasteiger partial charge < -0.3 is 9.84 Å². The predicted molar refractivity (Wildman–Crippen MR) is 102 cm³/mol. The van der Waals surface area contributed by atoms with Crippen LogP contribution in [0.1, 0.15) is 20.8 Å². The minimum atomic E-state index is -1.31. The quantitative estimate of drug-likeness (QED) is 0.638. The van der Waals surface area contributed by atoms with Crippen LogP contribution in [0.3, 0.4) is 0 Å². The van der Waals surface area contributed by atoms with Crippen LogP contribution in [0.4, 0.5) is 4.39 Å². The van der Waals surface area contributed by atoms with E-state index in [2.05, 4.69) is 6.07 Å². The summed E-state index contributed by atoms with van der Waals surface area (Å²) in [6, 6.07) is 17.8. The van der Waals surface area contributed by atoms with Gasteiger partial charge in [-0.25, -0.2) is 9.18 Å². The third-order valence-electron chi connectivity index (χ3n) is 3.71. The lowest BCUT2D eigenvalue weighted by atomic mass is 10.1. The molecule has 0 saturated carbocycles. The Morgan fingerprint density at radius 1 is 1.22 bits per heavy atom. The first kappa shape index (κ1) is 18.4. The number of aromatic carboxylic acids is 1. The zero-order valence-electron chi connectivity index (χ0n) is 14.1. The average molecular weight is 379 g/mol. The van der Waals surface area contributed by atoms with E-state index in [1.54, 1.807) is 18.2 Å². The first-order chi connectivity index (χ1) is 13.1. The van der Waals surface area contributed by atoms with E-state index in [-0.39, 0.29) is 4.88 Å². The van der Waals surface area contributed by atoms with Crippen LogP contribution in [0.15, 0.2) is 60.7 Å². The predicted octanol–water partition coefficient (Wildman–Crippen LogP) is 5.22. The molecule has 0 radical (unpaired) electrons. The lowest BCUT2D eigenvalue weighted by Gasteiger charge is -2.07. The highest BCUT2D eigenvalue weighted by Gasteiger charge is 2.17. The Labute approximate surface area is 159 Å². The number of benzene rings is 2. The van der Waals surface area contributed by atoms with Gasteiger partial charge in [-0.1, -0.05) is 36.4 Å². The molecule has 0 fully saturated rings. The van der Waals surface area contributed by atoms with Crippen molar-refractivity contribution < 1.29 is 19.0 Å². The summed E-state index contributed by atoms with van der Waals surface area (Å²) in [5.74, 6) is -1.68. The molecule has 0 aliphatic rings. The van der Waals surface area contributed by atoms with E-state index < -0.39 is 11.8 Å². The van der Waals surface area contributed by atoms with Gasteiger partial charge in [-0.05, 0) is 41.5 Å². The Kier molecular flexibility index (Phi) is 5.64. The molecule has 0 bridgehead atoms. The SMILES string of the molecule is N#Cc1cc(-c2cc(F)c(C(=O)O)s2)ccc1OC/C=C/c1ccccc1. The van der Waals surface area contributed by atoms with E-state index in [9.17, 15) is 14.4 Å². The summed E-state index contributed by atoms with van der Waals surface area (Å²) >= 11 is 0.829. The Morgan fingerprint density at radius 2 is 2.00 bits per heavy atom. The van der Waals surface area contributed by atoms with Crippen molar-refractivity contribution in [3.63, 3.8) is 0 Å². The van der Waals surface area contributed by atoms with E-state index in [0.717, 1.165) is 23.0 Å². The van der Waals surface area contributed by atoms with Crippen LogP contribution in [0, 0.1) is 17.1 Å². The maximum atomic E-state index is 13.7. The van der Waals surface area contributed by atoms with Gasteiger partial charge in [0.2, 0.25) is 0 Å². The number of halogens is 1. The largest absolute Gasteiger partial charge is 0.488 e. The van der Waals surface area contributed by atoms with Crippen LogP contribution in [0.5, 0.6) is 5.75 Å². The van der Waals surface area contributed by atoms with Crippen molar-refractivity contribution in [1.29, 1.82) is 5.26 Å². The van der Waals surface area contributed by atoms with Crippen LogP contribution in [0.2, 0.25) is 0 Å². The molecule has 0 unspecified atom stereocenters. The number of ether oxygens (including phenoxy) is 1. The topological polar surface area (TPSA) is 70.3 Å². The zero-order valence-corrected chi connectivity index (χ0v) is 14.9. The smallest absolute Gasteiger partial charge is 0.348 e. The number of carboxylic acid groups (broad SMARTS) is 1. The van der Waals surface area contributed by atoms with Crippen LogP contribution < -0.4 is 4.74 Å². The number of nitrogens with zero attached hydrogens (tertiary/aromatic N) is 1.